The van der Waals surface area contributed by atoms with Gasteiger partial charge in [-0.2, -0.15) is 0 Å². The lowest BCUT2D eigenvalue weighted by Gasteiger charge is -2.40. The second-order valence-corrected chi connectivity index (χ2v) is 8.03. The summed E-state index contributed by atoms with van der Waals surface area (Å²) in [5, 5.41) is -0.542. The first-order chi connectivity index (χ1) is 7.35. The van der Waals surface area contributed by atoms with E-state index >= 15 is 0 Å². The van der Waals surface area contributed by atoms with Gasteiger partial charge in [-0.25, -0.2) is 0 Å². The lowest BCUT2D eigenvalue weighted by atomic mass is 9.74. The molecule has 96 valence electrons. The summed E-state index contributed by atoms with van der Waals surface area (Å²) in [4.78, 5) is 24.0. The van der Waals surface area contributed by atoms with Crippen LogP contribution in [-0.2, 0) is 9.59 Å². The summed E-state index contributed by atoms with van der Waals surface area (Å²) >= 11 is 34.3. The minimum atomic E-state index is -2.11. The number of carbonyl (C=O) groups excluding carboxylic acids is 2. The number of rotatable bonds is 0. The third-order valence-corrected chi connectivity index (χ3v) is 4.78. The molecule has 2 nitrogen and oxygen atoms in total. The van der Waals surface area contributed by atoms with Crippen molar-refractivity contribution >= 4 is 81.2 Å². The fourth-order valence-electron chi connectivity index (χ4n) is 1.34. The van der Waals surface area contributed by atoms with Crippen molar-refractivity contribution in [3.8, 4) is 0 Å². The summed E-state index contributed by atoms with van der Waals surface area (Å²) in [6.45, 7) is 2.76. The molecule has 0 spiro atoms. The Bertz CT molecular complexity index is 429. The monoisotopic (exact) mass is 356 g/mol. The Morgan fingerprint density at radius 3 is 1.76 bits per heavy atom. The second kappa shape index (κ2) is 4.43. The van der Waals surface area contributed by atoms with Gasteiger partial charge in [0.2, 0.25) is 9.58 Å². The van der Waals surface area contributed by atoms with Crippen molar-refractivity contribution in [1.82, 2.24) is 0 Å². The van der Waals surface area contributed by atoms with Gasteiger partial charge < -0.3 is 0 Å². The van der Waals surface area contributed by atoms with E-state index in [9.17, 15) is 9.59 Å². The van der Waals surface area contributed by atoms with Gasteiger partial charge in [-0.1, -0.05) is 69.6 Å². The number of hydrogen-bond donors (Lipinski definition) is 0. The van der Waals surface area contributed by atoms with E-state index in [4.69, 9.17) is 69.6 Å². The third kappa shape index (κ3) is 2.33. The van der Waals surface area contributed by atoms with Crippen LogP contribution in [0.1, 0.15) is 13.8 Å². The highest BCUT2D eigenvalue weighted by molar-refractivity contribution is 6.74. The minimum Gasteiger partial charge on any atom is -0.294 e. The van der Waals surface area contributed by atoms with Crippen molar-refractivity contribution in [3.05, 3.63) is 10.6 Å². The summed E-state index contributed by atoms with van der Waals surface area (Å²) in [6, 6.07) is 0. The molecule has 17 heavy (non-hydrogen) atoms. The molecule has 0 unspecified atom stereocenters. The molecule has 0 aromatic heterocycles. The molecular weight excluding hydrogens is 353 g/mol. The molecule has 0 saturated carbocycles. The van der Waals surface area contributed by atoms with Crippen molar-refractivity contribution in [2.24, 2.45) is 5.41 Å². The SMILES string of the molecule is CC1(C)C(=O)C(C(Cl)(Cl)Cl)=C(Cl)C(=O)C1(Cl)Cl. The Balaban J connectivity index is 3.60. The summed E-state index contributed by atoms with van der Waals surface area (Å²) in [7, 11) is 0. The molecule has 0 heterocycles. The van der Waals surface area contributed by atoms with E-state index in [1.54, 1.807) is 0 Å². The van der Waals surface area contributed by atoms with Gasteiger partial charge in [0.25, 0.3) is 0 Å². The number of ketones is 2. The van der Waals surface area contributed by atoms with Gasteiger partial charge in [-0.05, 0) is 13.8 Å². The Morgan fingerprint density at radius 2 is 1.41 bits per heavy atom. The second-order valence-electron chi connectivity index (χ2n) is 4.04. The van der Waals surface area contributed by atoms with Gasteiger partial charge >= 0.3 is 0 Å². The Labute approximate surface area is 128 Å². The Morgan fingerprint density at radius 1 is 1.00 bits per heavy atom. The molecule has 0 atom stereocenters. The van der Waals surface area contributed by atoms with E-state index < -0.39 is 35.7 Å². The fourth-order valence-corrected chi connectivity index (χ4v) is 2.86. The lowest BCUT2D eigenvalue weighted by Crippen LogP contribution is -2.53. The largest absolute Gasteiger partial charge is 0.294 e. The molecule has 1 rings (SSSR count). The molecule has 0 N–H and O–H groups in total. The molecular formula is C9H6Cl6O2. The van der Waals surface area contributed by atoms with Crippen LogP contribution in [-0.4, -0.2) is 19.7 Å². The van der Waals surface area contributed by atoms with Gasteiger partial charge in [-0.15, -0.1) is 0 Å². The maximum atomic E-state index is 12.1. The molecule has 0 bridgehead atoms. The van der Waals surface area contributed by atoms with Crippen LogP contribution in [0.4, 0.5) is 0 Å². The molecule has 0 fully saturated rings. The zero-order valence-electron chi connectivity index (χ0n) is 8.58. The maximum absolute atomic E-state index is 12.1. The van der Waals surface area contributed by atoms with Crippen LogP contribution < -0.4 is 0 Å². The van der Waals surface area contributed by atoms with Gasteiger partial charge in [0, 0.05) is 0 Å². The summed E-state index contributed by atoms with van der Waals surface area (Å²) in [6.07, 6.45) is 0. The van der Waals surface area contributed by atoms with Crippen molar-refractivity contribution < 1.29 is 9.59 Å². The number of carbonyl (C=O) groups is 2. The average molecular weight is 359 g/mol. The first kappa shape index (κ1) is 15.9. The normalized spacial score (nSPS) is 24.2. The molecule has 0 aromatic rings. The highest BCUT2D eigenvalue weighted by Gasteiger charge is 2.61. The van der Waals surface area contributed by atoms with Crippen LogP contribution in [0.3, 0.4) is 0 Å². The van der Waals surface area contributed by atoms with Gasteiger partial charge in [-0.3, -0.25) is 9.59 Å². The fraction of sp³-hybridized carbons (Fsp3) is 0.556. The molecule has 0 amide bonds. The van der Waals surface area contributed by atoms with Gasteiger partial charge in [0.15, 0.2) is 10.1 Å². The van der Waals surface area contributed by atoms with Crippen LogP contribution in [0, 0.1) is 5.41 Å². The molecule has 0 aliphatic heterocycles. The molecule has 1 aliphatic carbocycles. The topological polar surface area (TPSA) is 34.1 Å². The van der Waals surface area contributed by atoms with Crippen molar-refractivity contribution in [2.75, 3.05) is 0 Å². The number of allylic oxidation sites excluding steroid dienone is 2. The molecule has 0 radical (unpaired) electrons. The number of alkyl halides is 5. The van der Waals surface area contributed by atoms with Crippen LogP contribution in [0.25, 0.3) is 0 Å². The average Bonchev–Trinajstić information content (AvgIpc) is 2.12. The summed E-state index contributed by atoms with van der Waals surface area (Å²) in [5.41, 5.74) is -1.85. The van der Waals surface area contributed by atoms with Gasteiger partial charge in [0.1, 0.15) is 0 Å². The molecule has 1 aliphatic rings. The van der Waals surface area contributed by atoms with E-state index in [2.05, 4.69) is 0 Å². The maximum Gasteiger partial charge on any atom is 0.221 e. The van der Waals surface area contributed by atoms with Gasteiger partial charge in [0.05, 0.1) is 16.0 Å². The molecule has 0 aromatic carbocycles. The number of hydrogen-bond acceptors (Lipinski definition) is 2. The Hall–Kier alpha value is 0.820. The Kier molecular flexibility index (Phi) is 4.14. The minimum absolute atomic E-state index is 0.406. The van der Waals surface area contributed by atoms with Crippen LogP contribution in [0.2, 0.25) is 0 Å². The zero-order valence-corrected chi connectivity index (χ0v) is 13.1. The van der Waals surface area contributed by atoms with E-state index in [1.807, 2.05) is 0 Å². The quantitative estimate of drug-likeness (QED) is 0.608. The van der Waals surface area contributed by atoms with E-state index in [0.717, 1.165) is 0 Å². The first-order valence-corrected chi connectivity index (χ1v) is 6.56. The van der Waals surface area contributed by atoms with E-state index in [0.29, 0.717) is 0 Å². The summed E-state index contributed by atoms with van der Waals surface area (Å²) in [5.74, 6) is -1.53. The van der Waals surface area contributed by atoms with Crippen LogP contribution in [0.15, 0.2) is 10.6 Å². The van der Waals surface area contributed by atoms with Crippen molar-refractivity contribution in [1.29, 1.82) is 0 Å². The van der Waals surface area contributed by atoms with Crippen molar-refractivity contribution in [3.63, 3.8) is 0 Å². The number of Topliss-reactive ketones (excluding diaryl/α,β-unsaturated/α-hetero) is 2. The highest BCUT2D eigenvalue weighted by atomic mass is 35.6. The predicted octanol–water partition coefficient (Wildman–Crippen LogP) is 4.20. The lowest BCUT2D eigenvalue weighted by molar-refractivity contribution is -0.130. The third-order valence-electron chi connectivity index (χ3n) is 2.57. The molecule has 8 heteroatoms. The highest BCUT2D eigenvalue weighted by Crippen LogP contribution is 2.53. The zero-order chi connectivity index (χ0) is 13.8. The van der Waals surface area contributed by atoms with Crippen molar-refractivity contribution in [2.45, 2.75) is 22.0 Å². The first-order valence-electron chi connectivity index (χ1n) is 4.29. The van der Waals surface area contributed by atoms with E-state index in [-0.39, 0.29) is 0 Å². The molecule has 0 saturated heterocycles. The summed E-state index contributed by atoms with van der Waals surface area (Å²) < 4.78 is -4.09. The standard InChI is InChI=1S/C9H6Cl6O2/c1-7(2)5(16)3(9(13,14)15)4(10)6(17)8(7,11)12/h1-2H3. The number of halogens is 6. The predicted molar refractivity (Wildman–Crippen MR) is 71.4 cm³/mol. The smallest absolute Gasteiger partial charge is 0.221 e. The van der Waals surface area contributed by atoms with Crippen LogP contribution >= 0.6 is 69.6 Å². The van der Waals surface area contributed by atoms with E-state index in [1.165, 1.54) is 13.8 Å². The van der Waals surface area contributed by atoms with Crippen LogP contribution in [0.5, 0.6) is 0 Å².